The molecule has 0 aromatic heterocycles. The van der Waals surface area contributed by atoms with Gasteiger partial charge in [-0.15, -0.1) is 0 Å². The Hall–Kier alpha value is -2.09. The second-order valence-corrected chi connectivity index (χ2v) is 6.54. The van der Waals surface area contributed by atoms with Crippen molar-refractivity contribution in [3.8, 4) is 5.75 Å². The van der Waals surface area contributed by atoms with E-state index in [0.717, 1.165) is 6.07 Å². The van der Waals surface area contributed by atoms with Crippen LogP contribution in [0.2, 0.25) is 5.02 Å². The number of nitrogens with two attached hydrogens (primary N) is 1. The molecule has 0 aliphatic rings. The minimum Gasteiger partial charge on any atom is -0.496 e. The van der Waals surface area contributed by atoms with Crippen molar-refractivity contribution in [1.82, 2.24) is 0 Å². The van der Waals surface area contributed by atoms with Crippen molar-refractivity contribution >= 4 is 27.6 Å². The number of carbonyl (C=O) groups is 1. The number of sulfonamides is 1. The number of esters is 1. The first-order valence-electron chi connectivity index (χ1n) is 6.44. The second kappa shape index (κ2) is 6.99. The van der Waals surface area contributed by atoms with Crippen LogP contribution in [-0.4, -0.2) is 21.5 Å². The summed E-state index contributed by atoms with van der Waals surface area (Å²) in [5.74, 6) is -0.561. The highest BCUT2D eigenvalue weighted by Crippen LogP contribution is 2.24. The summed E-state index contributed by atoms with van der Waals surface area (Å²) in [5.41, 5.74) is 0.593. The molecule has 6 nitrogen and oxygen atoms in total. The standard InChI is InChI=1S/C15H14ClNO5S/c1-21-14-7-6-11(23(17,19)20)8-12(14)15(18)22-9-10-4-2-3-5-13(10)16/h2-8H,9H2,1H3,(H2,17,19,20). The zero-order chi connectivity index (χ0) is 17.0. The number of rotatable bonds is 5. The van der Waals surface area contributed by atoms with E-state index in [4.69, 9.17) is 26.2 Å². The van der Waals surface area contributed by atoms with E-state index >= 15 is 0 Å². The third kappa shape index (κ3) is 4.22. The Balaban J connectivity index is 2.26. The molecule has 2 N–H and O–H groups in total. The first kappa shape index (κ1) is 17.3. The molecule has 23 heavy (non-hydrogen) atoms. The summed E-state index contributed by atoms with van der Waals surface area (Å²) in [6.07, 6.45) is 0. The molecule has 0 radical (unpaired) electrons. The van der Waals surface area contributed by atoms with Crippen molar-refractivity contribution in [2.24, 2.45) is 5.14 Å². The molecule has 0 unspecified atom stereocenters. The molecule has 0 bridgehead atoms. The van der Waals surface area contributed by atoms with E-state index in [9.17, 15) is 13.2 Å². The van der Waals surface area contributed by atoms with E-state index in [1.807, 2.05) is 0 Å². The molecule has 0 amide bonds. The largest absolute Gasteiger partial charge is 0.496 e. The summed E-state index contributed by atoms with van der Waals surface area (Å²) in [7, 11) is -2.58. The zero-order valence-corrected chi connectivity index (χ0v) is 13.7. The number of methoxy groups -OCH3 is 1. The molecule has 0 aliphatic carbocycles. The minimum atomic E-state index is -3.94. The van der Waals surface area contributed by atoms with Crippen LogP contribution in [0.3, 0.4) is 0 Å². The molecule has 8 heteroatoms. The van der Waals surface area contributed by atoms with Crippen molar-refractivity contribution < 1.29 is 22.7 Å². The van der Waals surface area contributed by atoms with Crippen LogP contribution < -0.4 is 9.88 Å². The zero-order valence-electron chi connectivity index (χ0n) is 12.2. The number of halogens is 1. The maximum absolute atomic E-state index is 12.2. The van der Waals surface area contributed by atoms with Gasteiger partial charge in [0.2, 0.25) is 10.0 Å². The Bertz CT molecular complexity index is 836. The van der Waals surface area contributed by atoms with Gasteiger partial charge in [-0.1, -0.05) is 29.8 Å². The maximum atomic E-state index is 12.2. The minimum absolute atomic E-state index is 0.0360. The summed E-state index contributed by atoms with van der Waals surface area (Å²) >= 11 is 5.99. The highest BCUT2D eigenvalue weighted by Gasteiger charge is 2.18. The van der Waals surface area contributed by atoms with Crippen LogP contribution in [0.4, 0.5) is 0 Å². The van der Waals surface area contributed by atoms with Gasteiger partial charge in [0.15, 0.2) is 0 Å². The lowest BCUT2D eigenvalue weighted by molar-refractivity contribution is 0.0469. The summed E-state index contributed by atoms with van der Waals surface area (Å²) in [5, 5.41) is 5.53. The van der Waals surface area contributed by atoms with Gasteiger partial charge in [-0.2, -0.15) is 0 Å². The fourth-order valence-electron chi connectivity index (χ4n) is 1.86. The lowest BCUT2D eigenvalue weighted by Gasteiger charge is -2.10. The molecule has 0 saturated carbocycles. The van der Waals surface area contributed by atoms with E-state index in [2.05, 4.69) is 0 Å². The predicted octanol–water partition coefficient (Wildman–Crippen LogP) is 2.35. The lowest BCUT2D eigenvalue weighted by atomic mass is 10.2. The van der Waals surface area contributed by atoms with E-state index in [1.165, 1.54) is 19.2 Å². The molecule has 122 valence electrons. The Labute approximate surface area is 138 Å². The van der Waals surface area contributed by atoms with Gasteiger partial charge in [-0.05, 0) is 24.3 Å². The molecule has 2 aromatic carbocycles. The third-order valence-electron chi connectivity index (χ3n) is 3.04. The number of ether oxygens (including phenoxy) is 2. The van der Waals surface area contributed by atoms with Crippen molar-refractivity contribution in [2.75, 3.05) is 7.11 Å². The lowest BCUT2D eigenvalue weighted by Crippen LogP contribution is -2.14. The molecule has 0 spiro atoms. The van der Waals surface area contributed by atoms with Crippen molar-refractivity contribution in [3.63, 3.8) is 0 Å². The van der Waals surface area contributed by atoms with Gasteiger partial charge in [0.25, 0.3) is 0 Å². The number of carbonyl (C=O) groups excluding carboxylic acids is 1. The van der Waals surface area contributed by atoms with E-state index in [0.29, 0.717) is 10.6 Å². The van der Waals surface area contributed by atoms with Crippen molar-refractivity contribution in [1.29, 1.82) is 0 Å². The summed E-state index contributed by atoms with van der Waals surface area (Å²) < 4.78 is 33.0. The van der Waals surface area contributed by atoms with Gasteiger partial charge in [0, 0.05) is 10.6 Å². The smallest absolute Gasteiger partial charge is 0.342 e. The molecular weight excluding hydrogens is 342 g/mol. The first-order valence-corrected chi connectivity index (χ1v) is 8.36. The summed E-state index contributed by atoms with van der Waals surface area (Å²) in [4.78, 5) is 12.0. The van der Waals surface area contributed by atoms with Crippen LogP contribution >= 0.6 is 11.6 Å². The summed E-state index contributed by atoms with van der Waals surface area (Å²) in [6, 6.07) is 10.6. The number of primary sulfonamides is 1. The van der Waals surface area contributed by atoms with E-state index < -0.39 is 16.0 Å². The normalized spacial score (nSPS) is 11.1. The average molecular weight is 356 g/mol. The van der Waals surface area contributed by atoms with Crippen LogP contribution in [0.1, 0.15) is 15.9 Å². The quantitative estimate of drug-likeness (QED) is 0.830. The van der Waals surface area contributed by atoms with Gasteiger partial charge < -0.3 is 9.47 Å². The fourth-order valence-corrected chi connectivity index (χ4v) is 2.59. The van der Waals surface area contributed by atoms with E-state index in [1.54, 1.807) is 24.3 Å². The SMILES string of the molecule is COc1ccc(S(N)(=O)=O)cc1C(=O)OCc1ccccc1Cl. The number of hydrogen-bond acceptors (Lipinski definition) is 5. The van der Waals surface area contributed by atoms with Crippen LogP contribution in [-0.2, 0) is 21.4 Å². The average Bonchev–Trinajstić information content (AvgIpc) is 2.52. The molecular formula is C15H14ClNO5S. The van der Waals surface area contributed by atoms with Crippen molar-refractivity contribution in [3.05, 3.63) is 58.6 Å². The molecule has 2 aromatic rings. The van der Waals surface area contributed by atoms with Crippen molar-refractivity contribution in [2.45, 2.75) is 11.5 Å². The van der Waals surface area contributed by atoms with Gasteiger partial charge in [0.05, 0.1) is 12.0 Å². The summed E-state index contributed by atoms with van der Waals surface area (Å²) in [6.45, 7) is -0.0543. The molecule has 0 heterocycles. The fraction of sp³-hybridized carbons (Fsp3) is 0.133. The predicted molar refractivity (Wildman–Crippen MR) is 84.9 cm³/mol. The van der Waals surface area contributed by atoms with Gasteiger partial charge in [-0.25, -0.2) is 18.4 Å². The van der Waals surface area contributed by atoms with Crippen LogP contribution in [0.5, 0.6) is 5.75 Å². The first-order chi connectivity index (χ1) is 10.8. The van der Waals surface area contributed by atoms with Crippen LogP contribution in [0.25, 0.3) is 0 Å². The Morgan fingerprint density at radius 2 is 1.91 bits per heavy atom. The highest BCUT2D eigenvalue weighted by atomic mass is 35.5. The highest BCUT2D eigenvalue weighted by molar-refractivity contribution is 7.89. The van der Waals surface area contributed by atoms with Crippen LogP contribution in [0.15, 0.2) is 47.4 Å². The Kier molecular flexibility index (Phi) is 5.25. The number of hydrogen-bond donors (Lipinski definition) is 1. The van der Waals surface area contributed by atoms with Crippen LogP contribution in [0, 0.1) is 0 Å². The second-order valence-electron chi connectivity index (χ2n) is 4.57. The maximum Gasteiger partial charge on any atom is 0.342 e. The molecule has 0 atom stereocenters. The molecule has 0 aliphatic heterocycles. The van der Waals surface area contributed by atoms with Gasteiger partial charge >= 0.3 is 5.97 Å². The molecule has 2 rings (SSSR count). The van der Waals surface area contributed by atoms with Gasteiger partial charge in [-0.3, -0.25) is 0 Å². The van der Waals surface area contributed by atoms with E-state index in [-0.39, 0.29) is 22.8 Å². The topological polar surface area (TPSA) is 95.7 Å². The molecule has 0 saturated heterocycles. The number of benzene rings is 2. The third-order valence-corrected chi connectivity index (χ3v) is 4.32. The Morgan fingerprint density at radius 1 is 1.22 bits per heavy atom. The van der Waals surface area contributed by atoms with Gasteiger partial charge in [0.1, 0.15) is 17.9 Å². The monoisotopic (exact) mass is 355 g/mol. The molecule has 0 fully saturated rings. The Morgan fingerprint density at radius 3 is 2.52 bits per heavy atom.